The van der Waals surface area contributed by atoms with Gasteiger partial charge < -0.3 is 4.74 Å². The average molecular weight is 371 g/mol. The van der Waals surface area contributed by atoms with Crippen molar-refractivity contribution < 1.29 is 17.5 Å². The molecule has 0 atom stereocenters. The fourth-order valence-electron chi connectivity index (χ4n) is 2.53. The van der Waals surface area contributed by atoms with Gasteiger partial charge in [-0.15, -0.1) is 0 Å². The lowest BCUT2D eigenvalue weighted by Crippen LogP contribution is -2.63. The summed E-state index contributed by atoms with van der Waals surface area (Å²) >= 11 is 1.37. The van der Waals surface area contributed by atoms with Crippen LogP contribution in [0.4, 0.5) is 10.1 Å². The van der Waals surface area contributed by atoms with Crippen molar-refractivity contribution in [2.45, 2.75) is 10.4 Å². The van der Waals surface area contributed by atoms with E-state index in [2.05, 4.69) is 20.3 Å². The quantitative estimate of drug-likeness (QED) is 0.675. The minimum atomic E-state index is -3.91. The van der Waals surface area contributed by atoms with Crippen LogP contribution in [0.2, 0.25) is 0 Å². The Bertz CT molecular complexity index is 896. The van der Waals surface area contributed by atoms with Crippen molar-refractivity contribution in [3.05, 3.63) is 29.9 Å². The van der Waals surface area contributed by atoms with Gasteiger partial charge in [0.05, 0.1) is 35.5 Å². The number of sulfonamides is 1. The van der Waals surface area contributed by atoms with Crippen LogP contribution < -0.4 is 14.6 Å². The number of halogens is 1. The highest BCUT2D eigenvalue weighted by atomic mass is 32.2. The molecule has 3 heterocycles. The molecule has 0 saturated carbocycles. The lowest BCUT2D eigenvalue weighted by atomic mass is 10.0. The number of hydrogen-bond donors (Lipinski definition) is 3. The van der Waals surface area contributed by atoms with Crippen molar-refractivity contribution in [1.82, 2.24) is 20.3 Å². The van der Waals surface area contributed by atoms with E-state index < -0.39 is 22.2 Å². The van der Waals surface area contributed by atoms with Gasteiger partial charge in [-0.3, -0.25) is 10.5 Å². The van der Waals surface area contributed by atoms with E-state index in [0.717, 1.165) is 5.39 Å². The third kappa shape index (κ3) is 2.53. The van der Waals surface area contributed by atoms with Crippen LogP contribution in [0.25, 0.3) is 10.9 Å². The summed E-state index contributed by atoms with van der Waals surface area (Å²) in [6.45, 7) is -0.774. The lowest BCUT2D eigenvalue weighted by molar-refractivity contribution is -0.0725. The van der Waals surface area contributed by atoms with E-state index in [1.54, 1.807) is 16.8 Å². The molecule has 24 heavy (non-hydrogen) atoms. The highest BCUT2D eigenvalue weighted by Crippen LogP contribution is 2.34. The number of nitrogens with one attached hydrogen (secondary N) is 3. The number of aromatic nitrogens is 2. The number of rotatable bonds is 5. The summed E-state index contributed by atoms with van der Waals surface area (Å²) in [7, 11) is -3.91. The number of anilines is 1. The molecule has 1 fully saturated rings. The molecule has 0 unspecified atom stereocenters. The fourth-order valence-corrected chi connectivity index (χ4v) is 4.56. The maximum absolute atomic E-state index is 13.2. The van der Waals surface area contributed by atoms with E-state index in [1.807, 2.05) is 5.41 Å². The summed E-state index contributed by atoms with van der Waals surface area (Å²) in [6, 6.07) is 3.01. The van der Waals surface area contributed by atoms with Gasteiger partial charge in [0.25, 0.3) is 0 Å². The lowest BCUT2D eigenvalue weighted by Gasteiger charge is -2.39. The zero-order chi connectivity index (χ0) is 16.8. The second-order valence-corrected chi connectivity index (χ2v) is 8.15. The van der Waals surface area contributed by atoms with Crippen molar-refractivity contribution >= 4 is 38.6 Å². The Morgan fingerprint density at radius 3 is 2.92 bits per heavy atom. The number of hydrogen-bond acceptors (Lipinski definition) is 7. The third-order valence-electron chi connectivity index (χ3n) is 3.83. The number of alkyl halides is 1. The molecule has 2 aliphatic rings. The summed E-state index contributed by atoms with van der Waals surface area (Å²) in [5.41, 5.74) is 3.02. The Morgan fingerprint density at radius 1 is 1.46 bits per heavy atom. The standard InChI is InChI=1S/C13H14FN5O3S2/c14-6-13(7-22-8-13)18-24(20,21)9-3-11-10(5-15-17-11)12(4-9)19-16-1-2-23-19/h1-5,16,18H,6-8H2,(H,15,17). The Labute approximate surface area is 141 Å². The summed E-state index contributed by atoms with van der Waals surface area (Å²) in [4.78, 5) is 0.0308. The minimum absolute atomic E-state index is 0.0232. The molecule has 128 valence electrons. The zero-order valence-electron chi connectivity index (χ0n) is 12.3. The maximum atomic E-state index is 13.2. The number of H-pyrrole nitrogens is 1. The Morgan fingerprint density at radius 2 is 2.29 bits per heavy atom. The summed E-state index contributed by atoms with van der Waals surface area (Å²) in [5, 5.41) is 9.34. The molecule has 1 aromatic carbocycles. The van der Waals surface area contributed by atoms with Gasteiger partial charge in [0.2, 0.25) is 10.0 Å². The number of benzene rings is 1. The van der Waals surface area contributed by atoms with Crippen LogP contribution in [0.5, 0.6) is 0 Å². The average Bonchev–Trinajstić information content (AvgIpc) is 3.20. The predicted octanol–water partition coefficient (Wildman–Crippen LogP) is 1.02. The molecule has 0 bridgehead atoms. The molecule has 8 nitrogen and oxygen atoms in total. The normalized spacial score (nSPS) is 19.5. The Kier molecular flexibility index (Phi) is 3.67. The molecule has 1 aromatic heterocycles. The van der Waals surface area contributed by atoms with Crippen LogP contribution in [-0.2, 0) is 14.8 Å². The van der Waals surface area contributed by atoms with Crippen LogP contribution in [0.3, 0.4) is 0 Å². The molecule has 0 amide bonds. The molecule has 2 aromatic rings. The number of hydrazine groups is 1. The molecule has 4 rings (SSSR count). The second-order valence-electron chi connectivity index (χ2n) is 5.62. The monoisotopic (exact) mass is 371 g/mol. The predicted molar refractivity (Wildman–Crippen MR) is 88.3 cm³/mol. The largest absolute Gasteiger partial charge is 0.377 e. The van der Waals surface area contributed by atoms with Crippen LogP contribution >= 0.6 is 11.9 Å². The first-order chi connectivity index (χ1) is 11.5. The van der Waals surface area contributed by atoms with Crippen molar-refractivity contribution in [3.8, 4) is 0 Å². The van der Waals surface area contributed by atoms with Gasteiger partial charge in [-0.2, -0.15) is 9.82 Å². The molecular weight excluding hydrogens is 357 g/mol. The molecule has 11 heteroatoms. The Hall–Kier alpha value is -1.82. The smallest absolute Gasteiger partial charge is 0.241 e. The van der Waals surface area contributed by atoms with Crippen LogP contribution in [0.15, 0.2) is 34.8 Å². The van der Waals surface area contributed by atoms with Crippen molar-refractivity contribution in [1.29, 1.82) is 0 Å². The molecule has 0 spiro atoms. The molecule has 1 saturated heterocycles. The van der Waals surface area contributed by atoms with Crippen LogP contribution in [0, 0.1) is 0 Å². The SMILES string of the molecule is O=S(=O)(NC1(CF)COC1)c1cc(N2NC=CS2)c2cn[nH]c2c1. The highest BCUT2D eigenvalue weighted by molar-refractivity contribution is 8.03. The van der Waals surface area contributed by atoms with E-state index in [1.165, 1.54) is 24.1 Å². The summed E-state index contributed by atoms with van der Waals surface area (Å²) < 4.78 is 47.7. The fraction of sp³-hybridized carbons (Fsp3) is 0.308. The first-order valence-electron chi connectivity index (χ1n) is 7.06. The molecule has 2 aliphatic heterocycles. The van der Waals surface area contributed by atoms with Crippen LogP contribution in [0.1, 0.15) is 0 Å². The third-order valence-corrected chi connectivity index (χ3v) is 6.16. The first kappa shape index (κ1) is 15.7. The van der Waals surface area contributed by atoms with E-state index >= 15 is 0 Å². The van der Waals surface area contributed by atoms with Gasteiger partial charge in [-0.05, 0) is 12.1 Å². The van der Waals surface area contributed by atoms with Crippen molar-refractivity contribution in [2.75, 3.05) is 24.3 Å². The highest BCUT2D eigenvalue weighted by Gasteiger charge is 2.43. The van der Waals surface area contributed by atoms with Crippen molar-refractivity contribution in [3.63, 3.8) is 0 Å². The number of nitrogens with zero attached hydrogens (tertiary/aromatic N) is 2. The Balaban J connectivity index is 1.76. The second kappa shape index (κ2) is 5.62. The molecule has 0 radical (unpaired) electrons. The maximum Gasteiger partial charge on any atom is 0.241 e. The summed E-state index contributed by atoms with van der Waals surface area (Å²) in [6.07, 6.45) is 3.36. The van der Waals surface area contributed by atoms with E-state index in [-0.39, 0.29) is 18.1 Å². The molecular formula is C13H14FN5O3S2. The minimum Gasteiger partial charge on any atom is -0.377 e. The van der Waals surface area contributed by atoms with Gasteiger partial charge in [0.1, 0.15) is 12.2 Å². The van der Waals surface area contributed by atoms with Gasteiger partial charge in [0.15, 0.2) is 0 Å². The van der Waals surface area contributed by atoms with Crippen LogP contribution in [-0.4, -0.2) is 44.0 Å². The molecule has 3 N–H and O–H groups in total. The van der Waals surface area contributed by atoms with Gasteiger partial charge in [-0.25, -0.2) is 17.2 Å². The van der Waals surface area contributed by atoms with Gasteiger partial charge in [-0.1, -0.05) is 0 Å². The van der Waals surface area contributed by atoms with E-state index in [9.17, 15) is 12.8 Å². The molecule has 0 aliphatic carbocycles. The summed E-state index contributed by atoms with van der Waals surface area (Å²) in [5.74, 6) is 0. The number of fused-ring (bicyclic) bond motifs is 1. The number of aromatic amines is 1. The first-order valence-corrected chi connectivity index (χ1v) is 9.38. The van der Waals surface area contributed by atoms with E-state index in [0.29, 0.717) is 11.2 Å². The van der Waals surface area contributed by atoms with Gasteiger partial charge >= 0.3 is 0 Å². The van der Waals surface area contributed by atoms with Crippen molar-refractivity contribution in [2.24, 2.45) is 0 Å². The van der Waals surface area contributed by atoms with E-state index in [4.69, 9.17) is 4.74 Å². The zero-order valence-corrected chi connectivity index (χ0v) is 14.0. The van der Waals surface area contributed by atoms with Gasteiger partial charge in [0, 0.05) is 28.9 Å². The topological polar surface area (TPSA) is 99.3 Å². The number of ether oxygens (including phenoxy) is 1.